The van der Waals surface area contributed by atoms with Crippen molar-refractivity contribution in [3.8, 4) is 0 Å². The lowest BCUT2D eigenvalue weighted by molar-refractivity contribution is 0.316. The molecule has 2 fully saturated rings. The van der Waals surface area contributed by atoms with Crippen molar-refractivity contribution in [1.29, 1.82) is 0 Å². The molecule has 0 bridgehead atoms. The van der Waals surface area contributed by atoms with Gasteiger partial charge in [0.05, 0.1) is 6.67 Å². The van der Waals surface area contributed by atoms with Gasteiger partial charge < -0.3 is 0 Å². The third-order valence-electron chi connectivity index (χ3n) is 3.46. The van der Waals surface area contributed by atoms with Crippen LogP contribution in [0, 0.1) is 12.6 Å². The molecule has 1 aliphatic heterocycles. The van der Waals surface area contributed by atoms with E-state index < -0.39 is 0 Å². The summed E-state index contributed by atoms with van der Waals surface area (Å²) in [5.41, 5.74) is 0. The van der Waals surface area contributed by atoms with Crippen LogP contribution >= 0.6 is 0 Å². The fourth-order valence-corrected chi connectivity index (χ4v) is 2.60. The largest absolute Gasteiger partial charge is 0.298 e. The summed E-state index contributed by atoms with van der Waals surface area (Å²) in [6.45, 7) is 3.16. The van der Waals surface area contributed by atoms with Crippen LogP contribution in [0.1, 0.15) is 44.9 Å². The van der Waals surface area contributed by atoms with E-state index in [1.807, 2.05) is 6.67 Å². The summed E-state index contributed by atoms with van der Waals surface area (Å²) < 4.78 is 0. The highest BCUT2D eigenvalue weighted by Gasteiger charge is 2.24. The van der Waals surface area contributed by atoms with E-state index in [0.29, 0.717) is 0 Å². The van der Waals surface area contributed by atoms with Gasteiger partial charge in [-0.2, -0.15) is 0 Å². The van der Waals surface area contributed by atoms with Crippen LogP contribution in [0.5, 0.6) is 0 Å². The molecule has 0 aromatic rings. The number of nitrogens with one attached hydrogen (secondary N) is 2. The Morgan fingerprint density at radius 2 is 1.62 bits per heavy atom. The molecule has 2 nitrogen and oxygen atoms in total. The lowest BCUT2D eigenvalue weighted by Crippen LogP contribution is -2.32. The molecule has 0 aromatic heterocycles. The molecule has 2 heteroatoms. The van der Waals surface area contributed by atoms with E-state index in [1.54, 1.807) is 0 Å². The third-order valence-corrected chi connectivity index (χ3v) is 3.46. The van der Waals surface area contributed by atoms with Crippen LogP contribution in [0.2, 0.25) is 0 Å². The van der Waals surface area contributed by atoms with Crippen molar-refractivity contribution in [1.82, 2.24) is 10.6 Å². The van der Waals surface area contributed by atoms with E-state index in [2.05, 4.69) is 10.6 Å². The van der Waals surface area contributed by atoms with Gasteiger partial charge in [-0.3, -0.25) is 10.6 Å². The van der Waals surface area contributed by atoms with Gasteiger partial charge in [-0.25, -0.2) is 0 Å². The molecule has 2 aliphatic rings. The Morgan fingerprint density at radius 1 is 0.923 bits per heavy atom. The molecule has 0 amide bonds. The monoisotopic (exact) mass is 181 g/mol. The van der Waals surface area contributed by atoms with Gasteiger partial charge in [-0.05, 0) is 18.8 Å². The van der Waals surface area contributed by atoms with Crippen molar-refractivity contribution >= 4 is 0 Å². The predicted molar refractivity (Wildman–Crippen MR) is 55.0 cm³/mol. The van der Waals surface area contributed by atoms with Gasteiger partial charge in [0.1, 0.15) is 0 Å². The Balaban J connectivity index is 1.80. The predicted octanol–water partition coefficient (Wildman–Crippen LogP) is 2.03. The van der Waals surface area contributed by atoms with Crippen molar-refractivity contribution in [2.24, 2.45) is 5.92 Å². The molecule has 1 heterocycles. The van der Waals surface area contributed by atoms with E-state index in [-0.39, 0.29) is 0 Å². The molecule has 0 spiro atoms. The van der Waals surface area contributed by atoms with Crippen LogP contribution in [-0.2, 0) is 0 Å². The van der Waals surface area contributed by atoms with Gasteiger partial charge in [-0.15, -0.1) is 0 Å². The topological polar surface area (TPSA) is 24.1 Å². The molecule has 13 heavy (non-hydrogen) atoms. The minimum absolute atomic E-state index is 0.720. The molecule has 2 N–H and O–H groups in total. The number of rotatable bonds is 1. The maximum absolute atomic E-state index is 3.44. The zero-order valence-corrected chi connectivity index (χ0v) is 8.39. The summed E-state index contributed by atoms with van der Waals surface area (Å²) in [7, 11) is 0. The lowest BCUT2D eigenvalue weighted by Gasteiger charge is -2.24. The van der Waals surface area contributed by atoms with Gasteiger partial charge in [0.2, 0.25) is 0 Å². The lowest BCUT2D eigenvalue weighted by atomic mass is 9.86. The smallest absolute Gasteiger partial charge is 0.0869 e. The Bertz CT molecular complexity index is 133. The minimum atomic E-state index is 0.720. The van der Waals surface area contributed by atoms with Crippen molar-refractivity contribution < 1.29 is 0 Å². The maximum Gasteiger partial charge on any atom is 0.0869 e. The van der Waals surface area contributed by atoms with Crippen LogP contribution in [0.15, 0.2) is 0 Å². The van der Waals surface area contributed by atoms with Crippen molar-refractivity contribution in [2.75, 3.05) is 6.54 Å². The first-order valence-electron chi connectivity index (χ1n) is 5.78. The Labute approximate surface area is 81.5 Å². The standard InChI is InChI=1S/C11H21N2/c1-2-4-6-10(7-5-3-1)11-8-12-9-13-11/h9-13H,1-8H2. The zero-order chi connectivity index (χ0) is 8.93. The molecular formula is C11H21N2. The summed E-state index contributed by atoms with van der Waals surface area (Å²) in [5, 5.41) is 6.71. The highest BCUT2D eigenvalue weighted by Crippen LogP contribution is 2.25. The second-order valence-corrected chi connectivity index (χ2v) is 4.43. The summed E-state index contributed by atoms with van der Waals surface area (Å²) in [4.78, 5) is 0. The molecule has 1 radical (unpaired) electrons. The van der Waals surface area contributed by atoms with Gasteiger partial charge in [-0.1, -0.05) is 32.1 Å². The summed E-state index contributed by atoms with van der Waals surface area (Å²) in [5.74, 6) is 0.923. The van der Waals surface area contributed by atoms with Crippen LogP contribution in [0.4, 0.5) is 0 Å². The highest BCUT2D eigenvalue weighted by molar-refractivity contribution is 4.87. The van der Waals surface area contributed by atoms with Gasteiger partial charge >= 0.3 is 0 Å². The fraction of sp³-hybridized carbons (Fsp3) is 0.909. The number of hydrogen-bond donors (Lipinski definition) is 2. The normalized spacial score (nSPS) is 32.8. The molecule has 2 rings (SSSR count). The van der Waals surface area contributed by atoms with Crippen LogP contribution in [0.3, 0.4) is 0 Å². The Hall–Kier alpha value is -0.0800. The van der Waals surface area contributed by atoms with E-state index >= 15 is 0 Å². The highest BCUT2D eigenvalue weighted by atomic mass is 15.2. The molecular weight excluding hydrogens is 160 g/mol. The van der Waals surface area contributed by atoms with Crippen molar-refractivity contribution in [3.05, 3.63) is 6.67 Å². The SMILES string of the molecule is [CH]1NCC(C2CCCCCCC2)N1. The molecule has 1 saturated heterocycles. The van der Waals surface area contributed by atoms with Crippen molar-refractivity contribution in [3.63, 3.8) is 0 Å². The molecule has 0 aromatic carbocycles. The van der Waals surface area contributed by atoms with E-state index in [0.717, 1.165) is 18.5 Å². The van der Waals surface area contributed by atoms with Crippen LogP contribution in [-0.4, -0.2) is 12.6 Å². The maximum atomic E-state index is 3.44. The summed E-state index contributed by atoms with van der Waals surface area (Å²) >= 11 is 0. The molecule has 1 atom stereocenters. The quantitative estimate of drug-likeness (QED) is 0.647. The second-order valence-electron chi connectivity index (χ2n) is 4.43. The van der Waals surface area contributed by atoms with E-state index in [4.69, 9.17) is 0 Å². The average molecular weight is 181 g/mol. The Morgan fingerprint density at radius 3 is 2.23 bits per heavy atom. The van der Waals surface area contributed by atoms with E-state index in [9.17, 15) is 0 Å². The fourth-order valence-electron chi connectivity index (χ4n) is 2.60. The first kappa shape index (κ1) is 9.47. The minimum Gasteiger partial charge on any atom is -0.298 e. The first-order chi connectivity index (χ1) is 6.47. The van der Waals surface area contributed by atoms with Crippen molar-refractivity contribution in [2.45, 2.75) is 51.0 Å². The second kappa shape index (κ2) is 4.97. The first-order valence-corrected chi connectivity index (χ1v) is 5.78. The van der Waals surface area contributed by atoms with E-state index in [1.165, 1.54) is 44.9 Å². The molecule has 75 valence electrons. The molecule has 1 saturated carbocycles. The van der Waals surface area contributed by atoms with Gasteiger partial charge in [0.15, 0.2) is 0 Å². The third kappa shape index (κ3) is 2.68. The van der Waals surface area contributed by atoms with Crippen LogP contribution in [0.25, 0.3) is 0 Å². The number of hydrogen-bond acceptors (Lipinski definition) is 2. The summed E-state index contributed by atoms with van der Waals surface area (Å²) in [6.07, 6.45) is 10.2. The zero-order valence-electron chi connectivity index (χ0n) is 8.39. The summed E-state index contributed by atoms with van der Waals surface area (Å²) in [6, 6.07) is 0.720. The molecule has 1 aliphatic carbocycles. The average Bonchev–Trinajstić information content (AvgIpc) is 2.55. The van der Waals surface area contributed by atoms with Gasteiger partial charge in [0.25, 0.3) is 0 Å². The molecule has 1 unspecified atom stereocenters. The van der Waals surface area contributed by atoms with Gasteiger partial charge in [0, 0.05) is 12.6 Å². The van der Waals surface area contributed by atoms with Crippen LogP contribution < -0.4 is 10.6 Å². The Kier molecular flexibility index (Phi) is 3.62.